The molecule has 0 bridgehead atoms. The van der Waals surface area contributed by atoms with E-state index >= 15 is 0 Å². The fraction of sp³-hybridized carbons (Fsp3) is 0.375. The van der Waals surface area contributed by atoms with E-state index in [9.17, 15) is 0 Å². The molecule has 74 valence electrons. The first kappa shape index (κ1) is 8.89. The largest absolute Gasteiger partial charge is 0.451 e. The maximum atomic E-state index is 5.73. The number of nitrogens with two attached hydrogens (primary N) is 1. The van der Waals surface area contributed by atoms with Gasteiger partial charge in [-0.25, -0.2) is 4.98 Å². The molecule has 0 fully saturated rings. The summed E-state index contributed by atoms with van der Waals surface area (Å²) in [6.45, 7) is 1.96. The van der Waals surface area contributed by atoms with Gasteiger partial charge in [-0.05, 0) is 6.42 Å². The van der Waals surface area contributed by atoms with E-state index in [1.54, 1.807) is 0 Å². The van der Waals surface area contributed by atoms with Crippen molar-refractivity contribution < 1.29 is 8.94 Å². The summed E-state index contributed by atoms with van der Waals surface area (Å²) in [6.07, 6.45) is 3.51. The highest BCUT2D eigenvalue weighted by Gasteiger charge is 2.14. The molecule has 0 saturated carbocycles. The highest BCUT2D eigenvalue weighted by atomic mass is 16.5. The second-order valence-corrected chi connectivity index (χ2v) is 2.85. The molecule has 14 heavy (non-hydrogen) atoms. The molecule has 0 saturated heterocycles. The first-order valence-corrected chi connectivity index (χ1v) is 4.29. The Morgan fingerprint density at radius 3 is 3.07 bits per heavy atom. The van der Waals surface area contributed by atoms with Crippen LogP contribution in [-0.4, -0.2) is 15.1 Å². The van der Waals surface area contributed by atoms with E-state index in [0.29, 0.717) is 17.4 Å². The maximum Gasteiger partial charge on any atom is 0.279 e. The lowest BCUT2D eigenvalue weighted by Crippen LogP contribution is -2.10. The molecule has 2 N–H and O–H groups in total. The van der Waals surface area contributed by atoms with Crippen molar-refractivity contribution >= 4 is 0 Å². The highest BCUT2D eigenvalue weighted by Crippen LogP contribution is 2.17. The number of aromatic nitrogens is 3. The standard InChI is InChI=1S/C8H10N4O2/c1-2-5(9)7-11-8(14-12-7)6-3-13-4-10-6/h3-5H,2,9H2,1H3. The maximum absolute atomic E-state index is 5.73. The van der Waals surface area contributed by atoms with E-state index < -0.39 is 0 Å². The van der Waals surface area contributed by atoms with Gasteiger partial charge in [0.2, 0.25) is 0 Å². The minimum Gasteiger partial charge on any atom is -0.451 e. The normalized spacial score (nSPS) is 13.0. The van der Waals surface area contributed by atoms with Crippen LogP contribution in [0.5, 0.6) is 0 Å². The molecule has 0 aliphatic carbocycles. The minimum atomic E-state index is -0.195. The number of nitrogens with zero attached hydrogens (tertiary/aromatic N) is 3. The molecule has 0 radical (unpaired) electrons. The van der Waals surface area contributed by atoms with Crippen LogP contribution in [0.4, 0.5) is 0 Å². The Balaban J connectivity index is 2.26. The Morgan fingerprint density at radius 1 is 1.57 bits per heavy atom. The molecule has 0 spiro atoms. The lowest BCUT2D eigenvalue weighted by Gasteiger charge is -1.98. The average molecular weight is 194 g/mol. The molecule has 6 nitrogen and oxygen atoms in total. The molecule has 2 rings (SSSR count). The monoisotopic (exact) mass is 194 g/mol. The van der Waals surface area contributed by atoms with Gasteiger partial charge >= 0.3 is 0 Å². The zero-order valence-electron chi connectivity index (χ0n) is 7.67. The molecule has 2 heterocycles. The van der Waals surface area contributed by atoms with Gasteiger partial charge in [0.05, 0.1) is 6.04 Å². The summed E-state index contributed by atoms with van der Waals surface area (Å²) in [5.74, 6) is 0.822. The van der Waals surface area contributed by atoms with Gasteiger partial charge in [0.15, 0.2) is 17.9 Å². The smallest absolute Gasteiger partial charge is 0.279 e. The van der Waals surface area contributed by atoms with E-state index in [1.807, 2.05) is 6.92 Å². The molecule has 1 atom stereocenters. The summed E-state index contributed by atoms with van der Waals surface area (Å²) in [4.78, 5) is 7.98. The molecule has 0 amide bonds. The molecule has 1 unspecified atom stereocenters. The predicted molar refractivity (Wildman–Crippen MR) is 47.0 cm³/mol. The van der Waals surface area contributed by atoms with E-state index in [1.165, 1.54) is 12.7 Å². The molecular weight excluding hydrogens is 184 g/mol. The summed E-state index contributed by atoms with van der Waals surface area (Å²) >= 11 is 0. The number of oxazole rings is 1. The van der Waals surface area contributed by atoms with Crippen LogP contribution in [0.1, 0.15) is 25.2 Å². The summed E-state index contributed by atoms with van der Waals surface area (Å²) in [5, 5.41) is 3.75. The lowest BCUT2D eigenvalue weighted by atomic mass is 10.2. The van der Waals surface area contributed by atoms with Gasteiger partial charge in [-0.2, -0.15) is 4.98 Å². The Hall–Kier alpha value is -1.69. The average Bonchev–Trinajstić information content (AvgIpc) is 2.86. The number of hydrogen-bond acceptors (Lipinski definition) is 6. The quantitative estimate of drug-likeness (QED) is 0.787. The van der Waals surface area contributed by atoms with Gasteiger partial charge in [0.1, 0.15) is 6.26 Å². The Kier molecular flexibility index (Phi) is 2.28. The predicted octanol–water partition coefficient (Wildman–Crippen LogP) is 1.13. The van der Waals surface area contributed by atoms with Crippen LogP contribution >= 0.6 is 0 Å². The Labute approximate surface area is 80.1 Å². The van der Waals surface area contributed by atoms with Crippen molar-refractivity contribution in [3.05, 3.63) is 18.5 Å². The van der Waals surface area contributed by atoms with Crippen LogP contribution in [0, 0.1) is 0 Å². The summed E-state index contributed by atoms with van der Waals surface area (Å²) in [7, 11) is 0. The van der Waals surface area contributed by atoms with Crippen LogP contribution in [0.2, 0.25) is 0 Å². The van der Waals surface area contributed by atoms with Crippen LogP contribution in [0.3, 0.4) is 0 Å². The van der Waals surface area contributed by atoms with Gasteiger partial charge in [0, 0.05) is 0 Å². The molecule has 0 aliphatic rings. The van der Waals surface area contributed by atoms with Crippen molar-refractivity contribution in [1.29, 1.82) is 0 Å². The summed E-state index contributed by atoms with van der Waals surface area (Å²) in [6, 6.07) is -0.195. The minimum absolute atomic E-state index is 0.195. The first-order valence-electron chi connectivity index (χ1n) is 4.29. The van der Waals surface area contributed by atoms with Crippen LogP contribution in [0.25, 0.3) is 11.6 Å². The van der Waals surface area contributed by atoms with E-state index in [4.69, 9.17) is 14.7 Å². The number of rotatable bonds is 3. The molecule has 2 aromatic heterocycles. The SMILES string of the molecule is CCC(N)c1noc(-c2cocn2)n1. The number of hydrogen-bond donors (Lipinski definition) is 1. The Bertz CT molecular complexity index is 395. The van der Waals surface area contributed by atoms with Gasteiger partial charge < -0.3 is 14.7 Å². The van der Waals surface area contributed by atoms with Crippen LogP contribution in [-0.2, 0) is 0 Å². The summed E-state index contributed by atoms with van der Waals surface area (Å²) in [5.41, 5.74) is 6.25. The van der Waals surface area contributed by atoms with Crippen molar-refractivity contribution in [2.24, 2.45) is 5.73 Å². The lowest BCUT2D eigenvalue weighted by molar-refractivity contribution is 0.414. The van der Waals surface area contributed by atoms with Crippen molar-refractivity contribution in [1.82, 2.24) is 15.1 Å². The third kappa shape index (κ3) is 1.51. The second-order valence-electron chi connectivity index (χ2n) is 2.85. The van der Waals surface area contributed by atoms with Crippen molar-refractivity contribution in [2.75, 3.05) is 0 Å². The molecule has 0 aliphatic heterocycles. The molecule has 0 aromatic carbocycles. The topological polar surface area (TPSA) is 91.0 Å². The fourth-order valence-corrected chi connectivity index (χ4v) is 0.990. The van der Waals surface area contributed by atoms with Crippen molar-refractivity contribution in [3.63, 3.8) is 0 Å². The van der Waals surface area contributed by atoms with E-state index in [-0.39, 0.29) is 6.04 Å². The van der Waals surface area contributed by atoms with Crippen LogP contribution < -0.4 is 5.73 Å². The molecule has 6 heteroatoms. The molecular formula is C8H10N4O2. The zero-order valence-corrected chi connectivity index (χ0v) is 7.67. The third-order valence-electron chi connectivity index (χ3n) is 1.86. The second kappa shape index (κ2) is 3.59. The van der Waals surface area contributed by atoms with Gasteiger partial charge in [-0.15, -0.1) is 0 Å². The van der Waals surface area contributed by atoms with E-state index in [2.05, 4.69) is 15.1 Å². The summed E-state index contributed by atoms with van der Waals surface area (Å²) < 4.78 is 9.76. The van der Waals surface area contributed by atoms with Crippen molar-refractivity contribution in [3.8, 4) is 11.6 Å². The van der Waals surface area contributed by atoms with Crippen LogP contribution in [0.15, 0.2) is 21.6 Å². The Morgan fingerprint density at radius 2 is 2.43 bits per heavy atom. The molecule has 2 aromatic rings. The fourth-order valence-electron chi connectivity index (χ4n) is 0.990. The zero-order chi connectivity index (χ0) is 9.97. The van der Waals surface area contributed by atoms with Crippen molar-refractivity contribution in [2.45, 2.75) is 19.4 Å². The van der Waals surface area contributed by atoms with Gasteiger partial charge in [-0.3, -0.25) is 0 Å². The van der Waals surface area contributed by atoms with Gasteiger partial charge in [0.25, 0.3) is 5.89 Å². The third-order valence-corrected chi connectivity index (χ3v) is 1.86. The van der Waals surface area contributed by atoms with E-state index in [0.717, 1.165) is 6.42 Å². The first-order chi connectivity index (χ1) is 6.81. The highest BCUT2D eigenvalue weighted by molar-refractivity contribution is 5.42. The van der Waals surface area contributed by atoms with Gasteiger partial charge in [-0.1, -0.05) is 12.1 Å².